The summed E-state index contributed by atoms with van der Waals surface area (Å²) >= 11 is 0. The zero-order valence-electron chi connectivity index (χ0n) is 12.8. The lowest BCUT2D eigenvalue weighted by molar-refractivity contribution is -0.151. The normalized spacial score (nSPS) is 27.3. The summed E-state index contributed by atoms with van der Waals surface area (Å²) in [5.74, 6) is 0.750. The Bertz CT molecular complexity index is 342. The van der Waals surface area contributed by atoms with E-state index in [2.05, 4.69) is 6.92 Å². The quantitative estimate of drug-likeness (QED) is 0.744. The van der Waals surface area contributed by atoms with Gasteiger partial charge < -0.3 is 9.64 Å². The van der Waals surface area contributed by atoms with E-state index in [1.165, 1.54) is 7.11 Å². The van der Waals surface area contributed by atoms with E-state index < -0.39 is 0 Å². The van der Waals surface area contributed by atoms with E-state index >= 15 is 0 Å². The molecule has 0 unspecified atom stereocenters. The molecule has 2 rings (SSSR count). The number of amides is 1. The molecule has 2 saturated carbocycles. The van der Waals surface area contributed by atoms with Crippen LogP contribution in [0.15, 0.2) is 0 Å². The van der Waals surface area contributed by atoms with E-state index in [-0.39, 0.29) is 30.4 Å². The number of methoxy groups -OCH3 is 1. The average Bonchev–Trinajstić information content (AvgIpc) is 2.98. The summed E-state index contributed by atoms with van der Waals surface area (Å²) in [7, 11) is 1.39. The Morgan fingerprint density at radius 2 is 1.65 bits per heavy atom. The minimum absolute atomic E-state index is 0.122. The van der Waals surface area contributed by atoms with Gasteiger partial charge in [-0.1, -0.05) is 19.8 Å². The van der Waals surface area contributed by atoms with Crippen LogP contribution in [0.25, 0.3) is 0 Å². The molecule has 0 radical (unpaired) electrons. The van der Waals surface area contributed by atoms with Gasteiger partial charge in [-0.05, 0) is 44.4 Å². The van der Waals surface area contributed by atoms with Crippen LogP contribution in [0.2, 0.25) is 0 Å². The first-order valence-electron chi connectivity index (χ1n) is 7.99. The van der Waals surface area contributed by atoms with Crippen molar-refractivity contribution in [3.05, 3.63) is 0 Å². The minimum Gasteiger partial charge on any atom is -0.468 e. The van der Waals surface area contributed by atoms with Crippen LogP contribution in [-0.2, 0) is 14.3 Å². The lowest BCUT2D eigenvalue weighted by atomic mass is 9.82. The second kappa shape index (κ2) is 7.09. The summed E-state index contributed by atoms with van der Waals surface area (Å²) in [6.45, 7) is 2.38. The fraction of sp³-hybridized carbons (Fsp3) is 0.875. The third-order valence-electron chi connectivity index (χ3n) is 4.94. The maximum Gasteiger partial charge on any atom is 0.325 e. The number of carbonyl (C=O) groups excluding carboxylic acids is 2. The Hall–Kier alpha value is -1.06. The molecule has 2 aliphatic rings. The number of hydrogen-bond donors (Lipinski definition) is 0. The molecule has 4 heteroatoms. The van der Waals surface area contributed by atoms with Crippen molar-refractivity contribution in [3.8, 4) is 0 Å². The Kier molecular flexibility index (Phi) is 5.44. The molecule has 2 aliphatic carbocycles. The first-order chi connectivity index (χ1) is 9.61. The first-order valence-corrected chi connectivity index (χ1v) is 7.99. The predicted octanol–water partition coefficient (Wildman–Crippen LogP) is 2.76. The topological polar surface area (TPSA) is 46.6 Å². The smallest absolute Gasteiger partial charge is 0.325 e. The highest BCUT2D eigenvalue weighted by molar-refractivity contribution is 5.84. The van der Waals surface area contributed by atoms with Crippen LogP contribution in [0.5, 0.6) is 0 Å². The van der Waals surface area contributed by atoms with Gasteiger partial charge in [-0.15, -0.1) is 0 Å². The molecule has 0 heterocycles. The molecule has 0 aromatic rings. The first kappa shape index (κ1) is 15.3. The van der Waals surface area contributed by atoms with Crippen molar-refractivity contribution in [2.75, 3.05) is 13.7 Å². The van der Waals surface area contributed by atoms with Gasteiger partial charge in [0, 0.05) is 12.0 Å². The second-order valence-corrected chi connectivity index (χ2v) is 6.44. The van der Waals surface area contributed by atoms with Crippen LogP contribution >= 0.6 is 0 Å². The van der Waals surface area contributed by atoms with Crippen LogP contribution < -0.4 is 0 Å². The molecule has 0 spiro atoms. The number of hydrogen-bond acceptors (Lipinski definition) is 3. The van der Waals surface area contributed by atoms with Gasteiger partial charge in [-0.25, -0.2) is 0 Å². The van der Waals surface area contributed by atoms with Gasteiger partial charge in [0.1, 0.15) is 6.54 Å². The van der Waals surface area contributed by atoms with Crippen LogP contribution in [-0.4, -0.2) is 36.5 Å². The highest BCUT2D eigenvalue weighted by Crippen LogP contribution is 2.32. The third kappa shape index (κ3) is 3.74. The highest BCUT2D eigenvalue weighted by Gasteiger charge is 2.34. The summed E-state index contributed by atoms with van der Waals surface area (Å²) in [6.07, 6.45) is 8.61. The summed E-state index contributed by atoms with van der Waals surface area (Å²) in [5.41, 5.74) is 0. The number of nitrogens with zero attached hydrogens (tertiary/aromatic N) is 1. The molecular formula is C16H27NO3. The maximum absolute atomic E-state index is 12.8. The number of ether oxygens (including phenoxy) is 1. The third-order valence-corrected chi connectivity index (χ3v) is 4.94. The van der Waals surface area contributed by atoms with Gasteiger partial charge in [-0.3, -0.25) is 9.59 Å². The fourth-order valence-electron chi connectivity index (χ4n) is 3.55. The van der Waals surface area contributed by atoms with Crippen molar-refractivity contribution >= 4 is 11.9 Å². The molecule has 0 aliphatic heterocycles. The number of rotatable bonds is 4. The van der Waals surface area contributed by atoms with Crippen molar-refractivity contribution in [3.63, 3.8) is 0 Å². The number of esters is 1. The van der Waals surface area contributed by atoms with Crippen molar-refractivity contribution in [2.45, 2.75) is 64.3 Å². The maximum atomic E-state index is 12.8. The molecule has 0 N–H and O–H groups in total. The Balaban J connectivity index is 2.00. The molecule has 0 atom stereocenters. The monoisotopic (exact) mass is 281 g/mol. The van der Waals surface area contributed by atoms with E-state index in [0.717, 1.165) is 57.3 Å². The van der Waals surface area contributed by atoms with Gasteiger partial charge in [-0.2, -0.15) is 0 Å². The van der Waals surface area contributed by atoms with E-state index in [0.29, 0.717) is 0 Å². The van der Waals surface area contributed by atoms with Crippen molar-refractivity contribution in [1.82, 2.24) is 4.90 Å². The summed E-state index contributed by atoms with van der Waals surface area (Å²) < 4.78 is 4.76. The molecule has 0 bridgehead atoms. The average molecular weight is 281 g/mol. The van der Waals surface area contributed by atoms with Crippen molar-refractivity contribution in [1.29, 1.82) is 0 Å². The lowest BCUT2D eigenvalue weighted by Gasteiger charge is -2.34. The summed E-state index contributed by atoms with van der Waals surface area (Å²) in [6, 6.07) is 0.251. The van der Waals surface area contributed by atoms with Crippen LogP contribution in [0.4, 0.5) is 0 Å². The number of carbonyl (C=O) groups is 2. The van der Waals surface area contributed by atoms with Gasteiger partial charge in [0.2, 0.25) is 5.91 Å². The summed E-state index contributed by atoms with van der Waals surface area (Å²) in [5, 5.41) is 0. The van der Waals surface area contributed by atoms with Gasteiger partial charge in [0.15, 0.2) is 0 Å². The molecular weight excluding hydrogens is 254 g/mol. The van der Waals surface area contributed by atoms with E-state index in [1.54, 1.807) is 0 Å². The fourth-order valence-corrected chi connectivity index (χ4v) is 3.55. The second-order valence-electron chi connectivity index (χ2n) is 6.44. The molecule has 114 valence electrons. The molecule has 0 saturated heterocycles. The minimum atomic E-state index is -0.297. The van der Waals surface area contributed by atoms with Crippen LogP contribution in [0.1, 0.15) is 58.3 Å². The Labute approximate surface area is 121 Å². The van der Waals surface area contributed by atoms with Gasteiger partial charge in [0.05, 0.1) is 7.11 Å². The zero-order chi connectivity index (χ0) is 14.5. The van der Waals surface area contributed by atoms with E-state index in [1.807, 2.05) is 4.90 Å². The molecule has 20 heavy (non-hydrogen) atoms. The predicted molar refractivity (Wildman–Crippen MR) is 77.1 cm³/mol. The van der Waals surface area contributed by atoms with Crippen molar-refractivity contribution < 1.29 is 14.3 Å². The Morgan fingerprint density at radius 3 is 2.20 bits per heavy atom. The highest BCUT2D eigenvalue weighted by atomic mass is 16.5. The molecule has 4 nitrogen and oxygen atoms in total. The standard InChI is InChI=1S/C16H27NO3/c1-12-7-9-13(10-8-12)16(19)17(11-15(18)20-2)14-5-3-4-6-14/h12-14H,3-11H2,1-2H3. The zero-order valence-corrected chi connectivity index (χ0v) is 12.8. The van der Waals surface area contributed by atoms with E-state index in [9.17, 15) is 9.59 Å². The molecule has 2 fully saturated rings. The lowest BCUT2D eigenvalue weighted by Crippen LogP contribution is -2.46. The largest absolute Gasteiger partial charge is 0.468 e. The van der Waals surface area contributed by atoms with Gasteiger partial charge >= 0.3 is 5.97 Å². The van der Waals surface area contributed by atoms with Crippen LogP contribution in [0, 0.1) is 11.8 Å². The Morgan fingerprint density at radius 1 is 1.05 bits per heavy atom. The van der Waals surface area contributed by atoms with E-state index in [4.69, 9.17) is 4.74 Å². The summed E-state index contributed by atoms with van der Waals surface area (Å²) in [4.78, 5) is 26.2. The molecule has 0 aromatic carbocycles. The van der Waals surface area contributed by atoms with Crippen LogP contribution in [0.3, 0.4) is 0 Å². The SMILES string of the molecule is COC(=O)CN(C(=O)C1CCC(C)CC1)C1CCCC1. The molecule has 0 aromatic heterocycles. The van der Waals surface area contributed by atoms with Crippen molar-refractivity contribution in [2.24, 2.45) is 11.8 Å². The molecule has 1 amide bonds. The van der Waals surface area contributed by atoms with Gasteiger partial charge in [0.25, 0.3) is 0 Å².